The second kappa shape index (κ2) is 3.93. The van der Waals surface area contributed by atoms with Gasteiger partial charge in [-0.25, -0.2) is 0 Å². The number of hydrogen-bond donors (Lipinski definition) is 0. The molecule has 3 heteroatoms. The molecule has 0 aliphatic carbocycles. The number of amides is 1. The number of rotatable bonds is 2. The maximum Gasteiger partial charge on any atom is 0.256 e. The van der Waals surface area contributed by atoms with Gasteiger partial charge in [0, 0.05) is 6.54 Å². The highest BCUT2D eigenvalue weighted by molar-refractivity contribution is 6.27. The lowest BCUT2D eigenvalue weighted by Gasteiger charge is -1.88. The molecule has 0 aromatic carbocycles. The molecule has 0 unspecified atom stereocenters. The van der Waals surface area contributed by atoms with Crippen LogP contribution < -0.4 is 5.32 Å². The summed E-state index contributed by atoms with van der Waals surface area (Å²) < 4.78 is 0. The predicted octanol–water partition coefficient (Wildman–Crippen LogP) is 0.376. The van der Waals surface area contributed by atoms with E-state index in [1.807, 2.05) is 0 Å². The topological polar surface area (TPSA) is 31.2 Å². The summed E-state index contributed by atoms with van der Waals surface area (Å²) in [6.07, 6.45) is 0. The van der Waals surface area contributed by atoms with Crippen LogP contribution in [0.25, 0.3) is 0 Å². The monoisotopic (exact) mass is 120 g/mol. The molecule has 0 fully saturated rings. The van der Waals surface area contributed by atoms with Gasteiger partial charge in [0.05, 0.1) is 0 Å². The Labute approximate surface area is 47.8 Å². The van der Waals surface area contributed by atoms with E-state index in [9.17, 15) is 4.79 Å². The summed E-state index contributed by atoms with van der Waals surface area (Å²) in [6, 6.07) is 0. The van der Waals surface area contributed by atoms with E-state index in [-0.39, 0.29) is 11.8 Å². The summed E-state index contributed by atoms with van der Waals surface area (Å²) in [4.78, 5) is 10.1. The maximum absolute atomic E-state index is 10.1. The molecule has 0 saturated heterocycles. The van der Waals surface area contributed by atoms with Gasteiger partial charge in [-0.05, 0) is 6.92 Å². The second-order valence-corrected chi connectivity index (χ2v) is 1.27. The first-order chi connectivity index (χ1) is 3.31. The number of halogens is 1. The van der Waals surface area contributed by atoms with Crippen molar-refractivity contribution in [3.63, 3.8) is 0 Å². The SMILES string of the molecule is CC[N]C(=O)CCl. The van der Waals surface area contributed by atoms with Crippen molar-refractivity contribution >= 4 is 17.5 Å². The predicted molar refractivity (Wildman–Crippen MR) is 28.4 cm³/mol. The largest absolute Gasteiger partial charge is 0.272 e. The Balaban J connectivity index is 3.00. The fraction of sp³-hybridized carbons (Fsp3) is 0.750. The van der Waals surface area contributed by atoms with Crippen LogP contribution in [0.15, 0.2) is 0 Å². The van der Waals surface area contributed by atoms with Crippen molar-refractivity contribution in [2.24, 2.45) is 0 Å². The molecule has 2 nitrogen and oxygen atoms in total. The van der Waals surface area contributed by atoms with Gasteiger partial charge in [-0.3, -0.25) is 10.1 Å². The van der Waals surface area contributed by atoms with E-state index >= 15 is 0 Å². The Morgan fingerprint density at radius 1 is 1.86 bits per heavy atom. The lowest BCUT2D eigenvalue weighted by atomic mass is 10.6. The van der Waals surface area contributed by atoms with Crippen LogP contribution in [0.2, 0.25) is 0 Å². The minimum Gasteiger partial charge on any atom is -0.272 e. The van der Waals surface area contributed by atoms with Crippen molar-refractivity contribution in [2.75, 3.05) is 12.4 Å². The lowest BCUT2D eigenvalue weighted by Crippen LogP contribution is -2.15. The third kappa shape index (κ3) is 3.59. The van der Waals surface area contributed by atoms with E-state index in [1.54, 1.807) is 6.92 Å². The minimum absolute atomic E-state index is 0.00778. The fourth-order valence-electron chi connectivity index (χ4n) is 0.219. The maximum atomic E-state index is 10.1. The average molecular weight is 121 g/mol. The fourth-order valence-corrected chi connectivity index (χ4v) is 0.303. The zero-order chi connectivity index (χ0) is 5.70. The Morgan fingerprint density at radius 3 is 2.57 bits per heavy atom. The molecular formula is C4H7ClNO. The zero-order valence-corrected chi connectivity index (χ0v) is 4.90. The van der Waals surface area contributed by atoms with E-state index in [0.29, 0.717) is 6.54 Å². The molecule has 7 heavy (non-hydrogen) atoms. The highest BCUT2D eigenvalue weighted by Crippen LogP contribution is 1.73. The van der Waals surface area contributed by atoms with Gasteiger partial charge >= 0.3 is 0 Å². The van der Waals surface area contributed by atoms with Crippen LogP contribution in [0.5, 0.6) is 0 Å². The smallest absolute Gasteiger partial charge is 0.256 e. The summed E-state index contributed by atoms with van der Waals surface area (Å²) in [6.45, 7) is 2.33. The first kappa shape index (κ1) is 6.76. The molecule has 0 aromatic rings. The van der Waals surface area contributed by atoms with E-state index in [1.165, 1.54) is 0 Å². The van der Waals surface area contributed by atoms with Gasteiger partial charge in [0.2, 0.25) is 0 Å². The van der Waals surface area contributed by atoms with E-state index in [0.717, 1.165) is 0 Å². The van der Waals surface area contributed by atoms with Gasteiger partial charge < -0.3 is 0 Å². The first-order valence-electron chi connectivity index (χ1n) is 2.07. The quantitative estimate of drug-likeness (QED) is 0.485. The molecular weight excluding hydrogens is 114 g/mol. The van der Waals surface area contributed by atoms with Crippen molar-refractivity contribution in [3.8, 4) is 0 Å². The van der Waals surface area contributed by atoms with Crippen LogP contribution >= 0.6 is 11.6 Å². The molecule has 41 valence electrons. The third-order valence-electron chi connectivity index (χ3n) is 0.449. The minimum atomic E-state index is -0.232. The average Bonchev–Trinajstić information content (AvgIpc) is 1.68. The molecule has 0 N–H and O–H groups in total. The molecule has 0 aromatic heterocycles. The first-order valence-corrected chi connectivity index (χ1v) is 2.61. The van der Waals surface area contributed by atoms with Crippen molar-refractivity contribution < 1.29 is 4.79 Å². The Morgan fingerprint density at radius 2 is 2.43 bits per heavy atom. The zero-order valence-electron chi connectivity index (χ0n) is 4.15. The molecule has 0 heterocycles. The third-order valence-corrected chi connectivity index (χ3v) is 0.677. The second-order valence-electron chi connectivity index (χ2n) is 1.00. The molecule has 0 aliphatic heterocycles. The van der Waals surface area contributed by atoms with Crippen LogP contribution in [0.3, 0.4) is 0 Å². The molecule has 0 spiro atoms. The molecule has 0 bridgehead atoms. The molecule has 1 radical (unpaired) electrons. The standard InChI is InChI=1S/C4H7ClNO/c1-2-6-4(7)3-5/h2-3H2,1H3. The summed E-state index contributed by atoms with van der Waals surface area (Å²) in [5, 5.41) is 3.47. The summed E-state index contributed by atoms with van der Waals surface area (Å²) >= 11 is 5.09. The summed E-state index contributed by atoms with van der Waals surface area (Å²) in [7, 11) is 0. The molecule has 1 amide bonds. The molecule has 0 aliphatic rings. The van der Waals surface area contributed by atoms with Crippen molar-refractivity contribution in [3.05, 3.63) is 0 Å². The van der Waals surface area contributed by atoms with Crippen LogP contribution in [0.1, 0.15) is 6.92 Å². The van der Waals surface area contributed by atoms with E-state index in [2.05, 4.69) is 5.32 Å². The summed E-state index contributed by atoms with van der Waals surface area (Å²) in [5.74, 6) is -0.224. The number of alkyl halides is 1. The molecule has 0 rings (SSSR count). The lowest BCUT2D eigenvalue weighted by molar-refractivity contribution is -0.118. The van der Waals surface area contributed by atoms with Crippen LogP contribution in [0, 0.1) is 0 Å². The van der Waals surface area contributed by atoms with Crippen molar-refractivity contribution in [1.29, 1.82) is 0 Å². The van der Waals surface area contributed by atoms with Crippen molar-refractivity contribution in [2.45, 2.75) is 6.92 Å². The van der Waals surface area contributed by atoms with Gasteiger partial charge in [0.15, 0.2) is 0 Å². The van der Waals surface area contributed by atoms with Crippen LogP contribution in [0.4, 0.5) is 0 Å². The normalized spacial score (nSPS) is 8.29. The van der Waals surface area contributed by atoms with E-state index in [4.69, 9.17) is 11.6 Å². The number of carbonyl (C=O) groups is 1. The Kier molecular flexibility index (Phi) is 3.80. The van der Waals surface area contributed by atoms with Crippen LogP contribution in [-0.2, 0) is 4.79 Å². The van der Waals surface area contributed by atoms with Gasteiger partial charge in [0.1, 0.15) is 5.88 Å². The Bertz CT molecular complexity index is 64.7. The Hall–Kier alpha value is -0.240. The molecule has 0 saturated carbocycles. The van der Waals surface area contributed by atoms with Crippen LogP contribution in [-0.4, -0.2) is 18.3 Å². The highest BCUT2D eigenvalue weighted by Gasteiger charge is 1.93. The van der Waals surface area contributed by atoms with Gasteiger partial charge in [0.25, 0.3) is 5.91 Å². The number of nitrogens with zero attached hydrogens (tertiary/aromatic N) is 1. The number of hydrogen-bond acceptors (Lipinski definition) is 1. The van der Waals surface area contributed by atoms with Crippen molar-refractivity contribution in [1.82, 2.24) is 5.32 Å². The molecule has 0 atom stereocenters. The van der Waals surface area contributed by atoms with E-state index < -0.39 is 0 Å². The number of carbonyl (C=O) groups excluding carboxylic acids is 1. The summed E-state index contributed by atoms with van der Waals surface area (Å²) in [5.41, 5.74) is 0. The van der Waals surface area contributed by atoms with Gasteiger partial charge in [-0.15, -0.1) is 11.6 Å². The van der Waals surface area contributed by atoms with Gasteiger partial charge in [-0.1, -0.05) is 0 Å². The highest BCUT2D eigenvalue weighted by atomic mass is 35.5. The van der Waals surface area contributed by atoms with Gasteiger partial charge in [-0.2, -0.15) is 0 Å².